The standard InChI is InChI=1S/C18H28N2O/c1-20-13-4-5-15(12-14-20)19-16-8-10-18(11-9-16)21-17-6-2-3-7-17/h8-11,15,17,19H,2-7,12-14H2,1H3. The number of anilines is 1. The predicted molar refractivity (Wildman–Crippen MR) is 88.1 cm³/mol. The van der Waals surface area contributed by atoms with Crippen LogP contribution in [-0.4, -0.2) is 37.2 Å². The number of rotatable bonds is 4. The molecule has 0 spiro atoms. The number of ether oxygens (including phenoxy) is 1. The second-order valence-corrected chi connectivity index (χ2v) is 6.62. The van der Waals surface area contributed by atoms with Crippen molar-refractivity contribution in [3.63, 3.8) is 0 Å². The van der Waals surface area contributed by atoms with Crippen molar-refractivity contribution in [3.8, 4) is 5.75 Å². The summed E-state index contributed by atoms with van der Waals surface area (Å²) in [7, 11) is 2.22. The van der Waals surface area contributed by atoms with Crippen molar-refractivity contribution in [1.29, 1.82) is 0 Å². The zero-order chi connectivity index (χ0) is 14.5. The first-order chi connectivity index (χ1) is 10.3. The highest BCUT2D eigenvalue weighted by molar-refractivity contribution is 5.47. The summed E-state index contributed by atoms with van der Waals surface area (Å²) in [5.41, 5.74) is 1.23. The van der Waals surface area contributed by atoms with Crippen molar-refractivity contribution in [2.75, 3.05) is 25.5 Å². The average molecular weight is 288 g/mol. The lowest BCUT2D eigenvalue weighted by Crippen LogP contribution is -2.22. The maximum atomic E-state index is 6.02. The van der Waals surface area contributed by atoms with Gasteiger partial charge < -0.3 is 15.0 Å². The molecule has 21 heavy (non-hydrogen) atoms. The van der Waals surface area contributed by atoms with Gasteiger partial charge in [0.05, 0.1) is 6.10 Å². The lowest BCUT2D eigenvalue weighted by atomic mass is 10.1. The molecular formula is C18H28N2O. The van der Waals surface area contributed by atoms with Gasteiger partial charge in [-0.05, 0) is 89.3 Å². The van der Waals surface area contributed by atoms with E-state index in [0.29, 0.717) is 12.1 Å². The number of nitrogens with one attached hydrogen (secondary N) is 1. The summed E-state index contributed by atoms with van der Waals surface area (Å²) in [6.07, 6.45) is 9.31. The van der Waals surface area contributed by atoms with Crippen molar-refractivity contribution >= 4 is 5.69 Å². The van der Waals surface area contributed by atoms with Gasteiger partial charge in [-0.1, -0.05) is 0 Å². The van der Waals surface area contributed by atoms with Crippen LogP contribution >= 0.6 is 0 Å². The summed E-state index contributed by atoms with van der Waals surface area (Å²) in [5.74, 6) is 1.02. The molecule has 1 aliphatic heterocycles. The molecule has 1 atom stereocenters. The molecule has 1 aromatic carbocycles. The van der Waals surface area contributed by atoms with Gasteiger partial charge >= 0.3 is 0 Å². The number of benzene rings is 1. The maximum Gasteiger partial charge on any atom is 0.119 e. The Morgan fingerprint density at radius 2 is 1.71 bits per heavy atom. The fourth-order valence-corrected chi connectivity index (χ4v) is 3.45. The van der Waals surface area contributed by atoms with Crippen molar-refractivity contribution in [2.45, 2.75) is 57.1 Å². The van der Waals surface area contributed by atoms with Crippen LogP contribution in [0, 0.1) is 0 Å². The molecule has 0 aromatic heterocycles. The van der Waals surface area contributed by atoms with E-state index in [2.05, 4.69) is 41.5 Å². The first-order valence-corrected chi connectivity index (χ1v) is 8.51. The first kappa shape index (κ1) is 14.7. The number of likely N-dealkylation sites (tertiary alicyclic amines) is 1. The van der Waals surface area contributed by atoms with Crippen molar-refractivity contribution in [1.82, 2.24) is 4.90 Å². The molecule has 0 amide bonds. The lowest BCUT2D eigenvalue weighted by Gasteiger charge is -2.19. The molecular weight excluding hydrogens is 260 g/mol. The topological polar surface area (TPSA) is 24.5 Å². The summed E-state index contributed by atoms with van der Waals surface area (Å²) in [6, 6.07) is 9.17. The third-order valence-electron chi connectivity index (χ3n) is 4.78. The second kappa shape index (κ2) is 7.17. The zero-order valence-electron chi connectivity index (χ0n) is 13.2. The lowest BCUT2D eigenvalue weighted by molar-refractivity contribution is 0.210. The van der Waals surface area contributed by atoms with E-state index in [1.165, 1.54) is 63.7 Å². The van der Waals surface area contributed by atoms with Crippen LogP contribution < -0.4 is 10.1 Å². The van der Waals surface area contributed by atoms with Gasteiger partial charge in [-0.2, -0.15) is 0 Å². The van der Waals surface area contributed by atoms with E-state index >= 15 is 0 Å². The van der Waals surface area contributed by atoms with E-state index in [0.717, 1.165) is 5.75 Å². The normalized spacial score (nSPS) is 24.7. The van der Waals surface area contributed by atoms with E-state index in [4.69, 9.17) is 4.74 Å². The van der Waals surface area contributed by atoms with Crippen LogP contribution in [0.4, 0.5) is 5.69 Å². The van der Waals surface area contributed by atoms with Crippen LogP contribution in [0.3, 0.4) is 0 Å². The van der Waals surface area contributed by atoms with Crippen LogP contribution in [-0.2, 0) is 0 Å². The van der Waals surface area contributed by atoms with E-state index in [9.17, 15) is 0 Å². The smallest absolute Gasteiger partial charge is 0.119 e. The molecule has 3 heteroatoms. The third-order valence-corrected chi connectivity index (χ3v) is 4.78. The Bertz CT molecular complexity index is 425. The summed E-state index contributed by atoms with van der Waals surface area (Å²) in [4.78, 5) is 2.43. The average Bonchev–Trinajstić information content (AvgIpc) is 2.91. The minimum Gasteiger partial charge on any atom is -0.490 e. The Morgan fingerprint density at radius 3 is 2.48 bits per heavy atom. The summed E-state index contributed by atoms with van der Waals surface area (Å²) < 4.78 is 6.02. The first-order valence-electron chi connectivity index (χ1n) is 8.51. The summed E-state index contributed by atoms with van der Waals surface area (Å²) >= 11 is 0. The predicted octanol–water partition coefficient (Wildman–Crippen LogP) is 3.90. The van der Waals surface area contributed by atoms with Gasteiger partial charge in [0.25, 0.3) is 0 Å². The monoisotopic (exact) mass is 288 g/mol. The second-order valence-electron chi connectivity index (χ2n) is 6.62. The van der Waals surface area contributed by atoms with Gasteiger partial charge in [-0.15, -0.1) is 0 Å². The third kappa shape index (κ3) is 4.37. The highest BCUT2D eigenvalue weighted by Gasteiger charge is 2.17. The van der Waals surface area contributed by atoms with Gasteiger partial charge in [0.1, 0.15) is 5.75 Å². The largest absolute Gasteiger partial charge is 0.490 e. The van der Waals surface area contributed by atoms with Crippen LogP contribution in [0.15, 0.2) is 24.3 Å². The molecule has 1 aromatic rings. The molecule has 2 fully saturated rings. The molecule has 0 bridgehead atoms. The number of hydrogen-bond donors (Lipinski definition) is 1. The SMILES string of the molecule is CN1CCCC(Nc2ccc(OC3CCCC3)cc2)CC1. The van der Waals surface area contributed by atoms with Gasteiger partial charge in [0.2, 0.25) is 0 Å². The van der Waals surface area contributed by atoms with Gasteiger partial charge in [0, 0.05) is 11.7 Å². The molecule has 1 saturated heterocycles. The zero-order valence-corrected chi connectivity index (χ0v) is 13.2. The molecule has 1 N–H and O–H groups in total. The van der Waals surface area contributed by atoms with Crippen molar-refractivity contribution < 1.29 is 4.74 Å². The Labute approximate surface area is 128 Å². The van der Waals surface area contributed by atoms with E-state index in [1.807, 2.05) is 0 Å². The van der Waals surface area contributed by atoms with Crippen LogP contribution in [0.2, 0.25) is 0 Å². The molecule has 3 rings (SSSR count). The maximum absolute atomic E-state index is 6.02. The summed E-state index contributed by atoms with van der Waals surface area (Å²) in [5, 5.41) is 3.68. The van der Waals surface area contributed by atoms with Gasteiger partial charge in [-0.25, -0.2) is 0 Å². The van der Waals surface area contributed by atoms with Crippen LogP contribution in [0.1, 0.15) is 44.9 Å². The fraction of sp³-hybridized carbons (Fsp3) is 0.667. The quantitative estimate of drug-likeness (QED) is 0.909. The molecule has 1 saturated carbocycles. The van der Waals surface area contributed by atoms with Crippen LogP contribution in [0.25, 0.3) is 0 Å². The van der Waals surface area contributed by atoms with Gasteiger partial charge in [0.15, 0.2) is 0 Å². The van der Waals surface area contributed by atoms with Crippen molar-refractivity contribution in [2.24, 2.45) is 0 Å². The molecule has 116 valence electrons. The molecule has 0 radical (unpaired) electrons. The number of nitrogens with zero attached hydrogens (tertiary/aromatic N) is 1. The van der Waals surface area contributed by atoms with Crippen molar-refractivity contribution in [3.05, 3.63) is 24.3 Å². The highest BCUT2D eigenvalue weighted by atomic mass is 16.5. The van der Waals surface area contributed by atoms with Crippen LogP contribution in [0.5, 0.6) is 5.75 Å². The molecule has 3 nitrogen and oxygen atoms in total. The molecule has 1 unspecified atom stereocenters. The number of hydrogen-bond acceptors (Lipinski definition) is 3. The fourth-order valence-electron chi connectivity index (χ4n) is 3.45. The highest BCUT2D eigenvalue weighted by Crippen LogP contribution is 2.25. The Kier molecular flexibility index (Phi) is 5.02. The van der Waals surface area contributed by atoms with E-state index in [1.54, 1.807) is 0 Å². The minimum absolute atomic E-state index is 0.446. The molecule has 1 aliphatic carbocycles. The van der Waals surface area contributed by atoms with Gasteiger partial charge in [-0.3, -0.25) is 0 Å². The molecule has 2 aliphatic rings. The summed E-state index contributed by atoms with van der Waals surface area (Å²) in [6.45, 7) is 2.42. The minimum atomic E-state index is 0.446. The Balaban J connectivity index is 1.51. The Morgan fingerprint density at radius 1 is 0.952 bits per heavy atom. The van der Waals surface area contributed by atoms with E-state index < -0.39 is 0 Å². The Hall–Kier alpha value is -1.22. The molecule has 1 heterocycles. The van der Waals surface area contributed by atoms with E-state index in [-0.39, 0.29) is 0 Å².